The van der Waals surface area contributed by atoms with Crippen LogP contribution >= 0.6 is 27.5 Å². The number of nitrogens with zero attached hydrogens (tertiary/aromatic N) is 1. The molecule has 0 aliphatic rings. The number of rotatable bonds is 6. The number of unbranched alkanes of at least 4 members (excludes halogenated alkanes) is 2. The Morgan fingerprint density at radius 3 is 2.88 bits per heavy atom. The second-order valence-electron chi connectivity index (χ2n) is 3.95. The van der Waals surface area contributed by atoms with Crippen molar-refractivity contribution in [2.75, 3.05) is 5.33 Å². The van der Waals surface area contributed by atoms with Gasteiger partial charge in [-0.2, -0.15) is 4.37 Å². The molecule has 0 fully saturated rings. The second kappa shape index (κ2) is 6.26. The Kier molecular flexibility index (Phi) is 4.68. The Bertz CT molecular complexity index is 509. The van der Waals surface area contributed by atoms with Crippen molar-refractivity contribution < 1.29 is 4.79 Å². The molecule has 0 atom stereocenters. The third kappa shape index (κ3) is 3.13. The minimum Gasteiger partial charge on any atom is -0.292 e. The van der Waals surface area contributed by atoms with E-state index in [1.807, 2.05) is 24.3 Å². The summed E-state index contributed by atoms with van der Waals surface area (Å²) in [6.07, 6.45) is 3.79. The lowest BCUT2D eigenvalue weighted by Gasteiger charge is -1.98. The molecule has 2 nitrogen and oxygen atoms in total. The van der Waals surface area contributed by atoms with Gasteiger partial charge in [-0.3, -0.25) is 4.79 Å². The molecule has 1 aromatic heterocycles. The van der Waals surface area contributed by atoms with Crippen LogP contribution in [0, 0.1) is 0 Å². The van der Waals surface area contributed by atoms with Crippen LogP contribution in [0.5, 0.6) is 0 Å². The van der Waals surface area contributed by atoms with Gasteiger partial charge >= 0.3 is 0 Å². The molecule has 90 valence electrons. The predicted molar refractivity (Wildman–Crippen MR) is 76.2 cm³/mol. The highest BCUT2D eigenvalue weighted by molar-refractivity contribution is 9.09. The quantitative estimate of drug-likeness (QED) is 0.448. The van der Waals surface area contributed by atoms with E-state index in [-0.39, 0.29) is 5.78 Å². The molecule has 0 radical (unpaired) electrons. The van der Waals surface area contributed by atoms with E-state index < -0.39 is 0 Å². The molecule has 1 heterocycles. The molecule has 1 aromatic carbocycles. The molecular weight excluding hydrogens is 298 g/mol. The third-order valence-corrected chi connectivity index (χ3v) is 4.07. The molecule has 17 heavy (non-hydrogen) atoms. The van der Waals surface area contributed by atoms with Gasteiger partial charge in [-0.15, -0.1) is 0 Å². The van der Waals surface area contributed by atoms with E-state index in [9.17, 15) is 4.79 Å². The molecule has 0 N–H and O–H groups in total. The molecule has 0 aliphatic heterocycles. The fourth-order valence-electron chi connectivity index (χ4n) is 1.76. The van der Waals surface area contributed by atoms with Gasteiger partial charge in [0, 0.05) is 17.1 Å². The van der Waals surface area contributed by atoms with Crippen molar-refractivity contribution in [1.82, 2.24) is 4.37 Å². The summed E-state index contributed by atoms with van der Waals surface area (Å²) in [5.41, 5.74) is 0.657. The number of aromatic nitrogens is 1. The SMILES string of the molecule is O=C(CCCCCBr)c1nsc2ccccc12. The second-order valence-corrected chi connectivity index (χ2v) is 5.55. The van der Waals surface area contributed by atoms with Crippen LogP contribution < -0.4 is 0 Å². The van der Waals surface area contributed by atoms with Crippen molar-refractivity contribution >= 4 is 43.3 Å². The van der Waals surface area contributed by atoms with E-state index in [1.165, 1.54) is 11.5 Å². The lowest BCUT2D eigenvalue weighted by atomic mass is 10.1. The van der Waals surface area contributed by atoms with E-state index >= 15 is 0 Å². The minimum atomic E-state index is 0.178. The van der Waals surface area contributed by atoms with Gasteiger partial charge in [-0.1, -0.05) is 40.5 Å². The van der Waals surface area contributed by atoms with E-state index in [0.29, 0.717) is 12.1 Å². The molecule has 2 aromatic rings. The van der Waals surface area contributed by atoms with E-state index in [2.05, 4.69) is 20.3 Å². The average molecular weight is 312 g/mol. The number of fused-ring (bicyclic) bond motifs is 1. The summed E-state index contributed by atoms with van der Waals surface area (Å²) in [6.45, 7) is 0. The van der Waals surface area contributed by atoms with Gasteiger partial charge in [-0.05, 0) is 30.4 Å². The van der Waals surface area contributed by atoms with E-state index in [1.54, 1.807) is 0 Å². The fraction of sp³-hybridized carbons (Fsp3) is 0.385. The number of halogens is 1. The van der Waals surface area contributed by atoms with Crippen LogP contribution in [0.15, 0.2) is 24.3 Å². The lowest BCUT2D eigenvalue weighted by molar-refractivity contribution is 0.0977. The van der Waals surface area contributed by atoms with Gasteiger partial charge in [0.05, 0.1) is 4.70 Å². The number of hydrogen-bond donors (Lipinski definition) is 0. The summed E-state index contributed by atoms with van der Waals surface area (Å²) in [4.78, 5) is 12.0. The minimum absolute atomic E-state index is 0.178. The first kappa shape index (κ1) is 12.7. The Morgan fingerprint density at radius 2 is 2.06 bits per heavy atom. The molecule has 0 saturated heterocycles. The highest BCUT2D eigenvalue weighted by atomic mass is 79.9. The van der Waals surface area contributed by atoms with Crippen LogP contribution in [0.25, 0.3) is 10.1 Å². The van der Waals surface area contributed by atoms with Crippen molar-refractivity contribution in [3.8, 4) is 0 Å². The molecule has 0 spiro atoms. The highest BCUT2D eigenvalue weighted by Crippen LogP contribution is 2.23. The number of Topliss-reactive ketones (excluding diaryl/α,β-unsaturated/α-hetero) is 1. The number of alkyl halides is 1. The summed E-state index contributed by atoms with van der Waals surface area (Å²) < 4.78 is 5.37. The smallest absolute Gasteiger partial charge is 0.182 e. The molecule has 0 unspecified atom stereocenters. The largest absolute Gasteiger partial charge is 0.292 e. The molecule has 2 rings (SSSR count). The Balaban J connectivity index is 2.04. The molecule has 0 bridgehead atoms. The van der Waals surface area contributed by atoms with Gasteiger partial charge in [0.2, 0.25) is 0 Å². The van der Waals surface area contributed by atoms with Crippen LogP contribution in [0.3, 0.4) is 0 Å². The number of hydrogen-bond acceptors (Lipinski definition) is 3. The van der Waals surface area contributed by atoms with Crippen molar-refractivity contribution in [2.45, 2.75) is 25.7 Å². The fourth-order valence-corrected chi connectivity index (χ4v) is 2.95. The van der Waals surface area contributed by atoms with Crippen LogP contribution in [-0.4, -0.2) is 15.5 Å². The summed E-state index contributed by atoms with van der Waals surface area (Å²) >= 11 is 4.80. The van der Waals surface area contributed by atoms with Gasteiger partial charge in [-0.25, -0.2) is 0 Å². The first-order valence-electron chi connectivity index (χ1n) is 5.76. The van der Waals surface area contributed by atoms with Gasteiger partial charge in [0.1, 0.15) is 5.69 Å². The normalized spacial score (nSPS) is 10.9. The molecule has 0 amide bonds. The van der Waals surface area contributed by atoms with Crippen LogP contribution in [0.2, 0.25) is 0 Å². The topological polar surface area (TPSA) is 30.0 Å². The van der Waals surface area contributed by atoms with Gasteiger partial charge < -0.3 is 0 Å². The maximum absolute atomic E-state index is 12.0. The first-order chi connectivity index (χ1) is 8.33. The van der Waals surface area contributed by atoms with Crippen LogP contribution in [0.1, 0.15) is 36.2 Å². The van der Waals surface area contributed by atoms with Crippen molar-refractivity contribution in [1.29, 1.82) is 0 Å². The summed E-state index contributed by atoms with van der Waals surface area (Å²) in [5.74, 6) is 0.178. The third-order valence-electron chi connectivity index (χ3n) is 2.68. The van der Waals surface area contributed by atoms with E-state index in [0.717, 1.165) is 34.7 Å². The summed E-state index contributed by atoms with van der Waals surface area (Å²) in [5, 5.41) is 2.02. The number of carbonyl (C=O) groups is 1. The van der Waals surface area contributed by atoms with Crippen LogP contribution in [0.4, 0.5) is 0 Å². The van der Waals surface area contributed by atoms with Crippen LogP contribution in [-0.2, 0) is 0 Å². The van der Waals surface area contributed by atoms with E-state index in [4.69, 9.17) is 0 Å². The standard InChI is InChI=1S/C13H14BrNOS/c14-9-5-1-2-7-11(16)13-10-6-3-4-8-12(10)17-15-13/h3-4,6,8H,1-2,5,7,9H2. The Hall–Kier alpha value is -0.740. The number of benzene rings is 1. The maximum Gasteiger partial charge on any atom is 0.182 e. The van der Waals surface area contributed by atoms with Gasteiger partial charge in [0.15, 0.2) is 5.78 Å². The molecular formula is C13H14BrNOS. The zero-order valence-electron chi connectivity index (χ0n) is 9.49. The zero-order chi connectivity index (χ0) is 12.1. The zero-order valence-corrected chi connectivity index (χ0v) is 11.9. The van der Waals surface area contributed by atoms with Gasteiger partial charge in [0.25, 0.3) is 0 Å². The monoisotopic (exact) mass is 311 g/mol. The number of ketones is 1. The predicted octanol–water partition coefficient (Wildman–Crippen LogP) is 4.43. The van der Waals surface area contributed by atoms with Crippen molar-refractivity contribution in [2.24, 2.45) is 0 Å². The highest BCUT2D eigenvalue weighted by Gasteiger charge is 2.13. The molecule has 0 saturated carbocycles. The first-order valence-corrected chi connectivity index (χ1v) is 7.66. The Labute approximate surface area is 113 Å². The maximum atomic E-state index is 12.0. The lowest BCUT2D eigenvalue weighted by Crippen LogP contribution is -1.99. The number of carbonyl (C=O) groups excluding carboxylic acids is 1. The molecule has 4 heteroatoms. The van der Waals surface area contributed by atoms with Crippen molar-refractivity contribution in [3.05, 3.63) is 30.0 Å². The molecule has 0 aliphatic carbocycles. The summed E-state index contributed by atoms with van der Waals surface area (Å²) in [6, 6.07) is 7.92. The summed E-state index contributed by atoms with van der Waals surface area (Å²) in [7, 11) is 0. The average Bonchev–Trinajstić information content (AvgIpc) is 2.78. The Morgan fingerprint density at radius 1 is 1.24 bits per heavy atom. The van der Waals surface area contributed by atoms with Crippen molar-refractivity contribution in [3.63, 3.8) is 0 Å².